The number of hydrogen-bond acceptors (Lipinski definition) is 2. The van der Waals surface area contributed by atoms with E-state index in [1.165, 1.54) is 0 Å². The van der Waals surface area contributed by atoms with Crippen molar-refractivity contribution in [2.24, 2.45) is 0 Å². The summed E-state index contributed by atoms with van der Waals surface area (Å²) in [5, 5.41) is 0. The third-order valence-electron chi connectivity index (χ3n) is 4.12. The topological polar surface area (TPSA) is 34.1 Å². The first-order valence-corrected chi connectivity index (χ1v) is 8.19. The van der Waals surface area contributed by atoms with Crippen molar-refractivity contribution in [3.8, 4) is 0 Å². The first-order chi connectivity index (χ1) is 10.9. The molecule has 0 spiro atoms. The van der Waals surface area contributed by atoms with Crippen LogP contribution in [0.4, 0.5) is 0 Å². The second-order valence-electron chi connectivity index (χ2n) is 6.25. The fourth-order valence-corrected chi connectivity index (χ4v) is 2.80. The van der Waals surface area contributed by atoms with Gasteiger partial charge in [0.25, 0.3) is 0 Å². The molecule has 0 unspecified atom stereocenters. The number of Topliss-reactive ketones (excluding diaryl/α,β-unsaturated/α-hetero) is 2. The van der Waals surface area contributed by atoms with Crippen molar-refractivity contribution in [3.05, 3.63) is 69.9 Å². The lowest BCUT2D eigenvalue weighted by Gasteiger charge is -2.13. The van der Waals surface area contributed by atoms with Gasteiger partial charge < -0.3 is 0 Å². The Morgan fingerprint density at radius 1 is 0.783 bits per heavy atom. The number of unbranched alkanes of at least 4 members (excludes halogenated alkanes) is 1. The quantitative estimate of drug-likeness (QED) is 0.735. The lowest BCUT2D eigenvalue weighted by Crippen LogP contribution is -2.09. The van der Waals surface area contributed by atoms with Gasteiger partial charge in [-0.25, -0.2) is 0 Å². The summed E-state index contributed by atoms with van der Waals surface area (Å²) in [4.78, 5) is 23.9. The van der Waals surface area contributed by atoms with E-state index < -0.39 is 0 Å². The molecule has 23 heavy (non-hydrogen) atoms. The lowest BCUT2D eigenvalue weighted by molar-refractivity contribution is -0.113. The number of allylic oxidation sites excluding steroid dienone is 12. The molecule has 0 aliphatic heterocycles. The minimum Gasteiger partial charge on any atom is -0.289 e. The molecule has 2 aliphatic rings. The molecule has 0 aromatic rings. The molecular formula is C21H24O2. The highest BCUT2D eigenvalue weighted by atomic mass is 16.1. The number of carbonyl (C=O) groups is 2. The van der Waals surface area contributed by atoms with E-state index >= 15 is 0 Å². The van der Waals surface area contributed by atoms with Crippen LogP contribution in [0.1, 0.15) is 47.0 Å². The summed E-state index contributed by atoms with van der Waals surface area (Å²) in [5.74, 6) is 0.272. The number of carbonyl (C=O) groups excluding carboxylic acids is 2. The summed E-state index contributed by atoms with van der Waals surface area (Å²) >= 11 is 0. The van der Waals surface area contributed by atoms with Gasteiger partial charge in [-0.3, -0.25) is 9.59 Å². The van der Waals surface area contributed by atoms with Crippen LogP contribution in [0.3, 0.4) is 0 Å². The number of rotatable bonds is 4. The van der Waals surface area contributed by atoms with Crippen molar-refractivity contribution >= 4 is 11.6 Å². The second kappa shape index (κ2) is 7.36. The highest BCUT2D eigenvalue weighted by Crippen LogP contribution is 2.24. The Balaban J connectivity index is 2.28. The number of ketones is 2. The standard InChI is InChI=1S/C21H24O2/c1-5-6-7-19-13-18(12-16(4)21(19)23)9-8-17-10-14(2)20(22)15(3)11-17/h8-13H,5-7H2,1-4H3. The van der Waals surface area contributed by atoms with Crippen molar-refractivity contribution < 1.29 is 9.59 Å². The lowest BCUT2D eigenvalue weighted by atomic mass is 9.91. The van der Waals surface area contributed by atoms with Crippen LogP contribution in [0.5, 0.6) is 0 Å². The predicted molar refractivity (Wildman–Crippen MR) is 95.1 cm³/mol. The zero-order chi connectivity index (χ0) is 17.0. The molecule has 0 bridgehead atoms. The van der Waals surface area contributed by atoms with E-state index in [0.29, 0.717) is 0 Å². The molecule has 0 heterocycles. The largest absolute Gasteiger partial charge is 0.289 e. The Bertz CT molecular complexity index is 695. The van der Waals surface area contributed by atoms with Gasteiger partial charge in [-0.2, -0.15) is 0 Å². The average Bonchev–Trinajstić information content (AvgIpc) is 2.52. The Kier molecular flexibility index (Phi) is 5.49. The highest BCUT2D eigenvalue weighted by molar-refractivity contribution is 6.10. The average molecular weight is 308 g/mol. The van der Waals surface area contributed by atoms with Gasteiger partial charge >= 0.3 is 0 Å². The molecule has 0 saturated carbocycles. The fourth-order valence-electron chi connectivity index (χ4n) is 2.80. The van der Waals surface area contributed by atoms with Crippen LogP contribution in [0.2, 0.25) is 0 Å². The maximum atomic E-state index is 12.2. The van der Waals surface area contributed by atoms with Crippen LogP contribution in [-0.4, -0.2) is 11.6 Å². The van der Waals surface area contributed by atoms with Crippen LogP contribution in [0.15, 0.2) is 69.9 Å². The van der Waals surface area contributed by atoms with Gasteiger partial charge in [-0.1, -0.05) is 25.5 Å². The normalized spacial score (nSPS) is 20.2. The molecule has 2 rings (SSSR count). The summed E-state index contributed by atoms with van der Waals surface area (Å²) in [6, 6.07) is 0. The fraction of sp³-hybridized carbons (Fsp3) is 0.333. The molecular weight excluding hydrogens is 284 g/mol. The van der Waals surface area contributed by atoms with Crippen molar-refractivity contribution in [2.75, 3.05) is 0 Å². The molecule has 2 heteroatoms. The second-order valence-corrected chi connectivity index (χ2v) is 6.25. The molecule has 0 fully saturated rings. The predicted octanol–water partition coefficient (Wildman–Crippen LogP) is 4.96. The molecule has 0 saturated heterocycles. The van der Waals surface area contributed by atoms with Crippen molar-refractivity contribution in [3.63, 3.8) is 0 Å². The van der Waals surface area contributed by atoms with Crippen molar-refractivity contribution in [1.29, 1.82) is 0 Å². The minimum absolute atomic E-state index is 0.107. The summed E-state index contributed by atoms with van der Waals surface area (Å²) in [5.41, 5.74) is 5.27. The monoisotopic (exact) mass is 308 g/mol. The Labute approximate surface area is 138 Å². The van der Waals surface area contributed by atoms with Crippen LogP contribution in [0, 0.1) is 0 Å². The molecule has 2 nitrogen and oxygen atoms in total. The van der Waals surface area contributed by atoms with Crippen molar-refractivity contribution in [1.82, 2.24) is 0 Å². The van der Waals surface area contributed by atoms with E-state index in [-0.39, 0.29) is 11.6 Å². The van der Waals surface area contributed by atoms with Crippen LogP contribution in [-0.2, 0) is 9.59 Å². The molecule has 120 valence electrons. The van der Waals surface area contributed by atoms with Gasteiger partial charge in [0, 0.05) is 5.57 Å². The SMILES string of the molecule is CCCCC1=CC(=CC=C2C=C(C)C(=O)C(C)=C2)C=C(C)C1=O. The van der Waals surface area contributed by atoms with Gasteiger partial charge in [0.2, 0.25) is 0 Å². The van der Waals surface area contributed by atoms with Crippen LogP contribution in [0.25, 0.3) is 0 Å². The van der Waals surface area contributed by atoms with E-state index in [2.05, 4.69) is 6.92 Å². The molecule has 2 aliphatic carbocycles. The van der Waals surface area contributed by atoms with Gasteiger partial charge in [0.15, 0.2) is 11.6 Å². The minimum atomic E-state index is 0.107. The van der Waals surface area contributed by atoms with E-state index in [0.717, 1.165) is 52.7 Å². The summed E-state index contributed by atoms with van der Waals surface area (Å²) in [7, 11) is 0. The van der Waals surface area contributed by atoms with E-state index in [9.17, 15) is 9.59 Å². The Hall–Kier alpha value is -2.22. The van der Waals surface area contributed by atoms with Gasteiger partial charge in [0.1, 0.15) is 0 Å². The summed E-state index contributed by atoms with van der Waals surface area (Å²) < 4.78 is 0. The molecule has 0 amide bonds. The Morgan fingerprint density at radius 2 is 1.26 bits per heavy atom. The number of hydrogen-bond donors (Lipinski definition) is 0. The molecule has 0 atom stereocenters. The summed E-state index contributed by atoms with van der Waals surface area (Å²) in [6.45, 7) is 7.68. The first kappa shape index (κ1) is 17.1. The third kappa shape index (κ3) is 4.16. The van der Waals surface area contributed by atoms with Crippen LogP contribution >= 0.6 is 0 Å². The highest BCUT2D eigenvalue weighted by Gasteiger charge is 2.16. The third-order valence-corrected chi connectivity index (χ3v) is 4.12. The molecule has 0 aromatic heterocycles. The maximum absolute atomic E-state index is 12.2. The zero-order valence-corrected chi connectivity index (χ0v) is 14.4. The summed E-state index contributed by atoms with van der Waals surface area (Å²) in [6.07, 6.45) is 14.7. The molecule has 0 aromatic carbocycles. The van der Waals surface area contributed by atoms with E-state index in [1.54, 1.807) is 0 Å². The van der Waals surface area contributed by atoms with Gasteiger partial charge in [-0.15, -0.1) is 0 Å². The Morgan fingerprint density at radius 3 is 1.78 bits per heavy atom. The molecule has 0 radical (unpaired) electrons. The first-order valence-electron chi connectivity index (χ1n) is 8.19. The van der Waals surface area contributed by atoms with Gasteiger partial charge in [0.05, 0.1) is 0 Å². The molecule has 0 N–H and O–H groups in total. The van der Waals surface area contributed by atoms with E-state index in [1.807, 2.05) is 57.2 Å². The zero-order valence-electron chi connectivity index (χ0n) is 14.4. The van der Waals surface area contributed by atoms with E-state index in [4.69, 9.17) is 0 Å². The van der Waals surface area contributed by atoms with Crippen LogP contribution < -0.4 is 0 Å². The maximum Gasteiger partial charge on any atom is 0.184 e. The van der Waals surface area contributed by atoms with Gasteiger partial charge in [-0.05, 0) is 85.8 Å². The smallest absolute Gasteiger partial charge is 0.184 e. The van der Waals surface area contributed by atoms with Crippen molar-refractivity contribution in [2.45, 2.75) is 47.0 Å².